The van der Waals surface area contributed by atoms with E-state index in [1.807, 2.05) is 0 Å². The summed E-state index contributed by atoms with van der Waals surface area (Å²) in [5, 5.41) is 9.88. The van der Waals surface area contributed by atoms with Crippen molar-refractivity contribution in [3.63, 3.8) is 0 Å². The van der Waals surface area contributed by atoms with Crippen molar-refractivity contribution in [3.8, 4) is 66.8 Å². The Kier molecular flexibility index (Phi) is 10.6. The molecule has 1 nitrogen and oxygen atoms in total. The van der Waals surface area contributed by atoms with E-state index >= 15 is 0 Å². The minimum absolute atomic E-state index is 1.09. The zero-order valence-corrected chi connectivity index (χ0v) is 39.1. The van der Waals surface area contributed by atoms with Gasteiger partial charge in [0.05, 0.1) is 0 Å². The van der Waals surface area contributed by atoms with Crippen molar-refractivity contribution in [1.29, 1.82) is 0 Å². The topological polar surface area (TPSA) is 3.24 Å². The lowest BCUT2D eigenvalue weighted by atomic mass is 9.81. The Morgan fingerprint density at radius 3 is 1.20 bits per heavy atom. The van der Waals surface area contributed by atoms with Gasteiger partial charge in [-0.2, -0.15) is 0 Å². The summed E-state index contributed by atoms with van der Waals surface area (Å²) in [5.41, 5.74) is 17.7. The van der Waals surface area contributed by atoms with Gasteiger partial charge in [0, 0.05) is 17.1 Å². The van der Waals surface area contributed by atoms with Gasteiger partial charge in [-0.25, -0.2) is 0 Å². The number of fused-ring (bicyclic) bond motifs is 7. The number of hydrogen-bond donors (Lipinski definition) is 0. The van der Waals surface area contributed by atoms with Gasteiger partial charge in [0.15, 0.2) is 0 Å². The zero-order valence-electron chi connectivity index (χ0n) is 39.1. The molecule has 0 bridgehead atoms. The molecular weight excluding hydrogens is 855 g/mol. The van der Waals surface area contributed by atoms with Crippen LogP contribution in [0.5, 0.6) is 0 Å². The van der Waals surface area contributed by atoms with Crippen molar-refractivity contribution < 1.29 is 0 Å². The molecule has 1 heteroatoms. The fraction of sp³-hybridized carbons (Fsp3) is 0. The molecule has 0 radical (unpaired) electrons. The van der Waals surface area contributed by atoms with E-state index in [1.165, 1.54) is 110 Å². The monoisotopic (exact) mass is 901 g/mol. The molecule has 0 spiro atoms. The summed E-state index contributed by atoms with van der Waals surface area (Å²) in [4.78, 5) is 2.41. The second-order valence-electron chi connectivity index (χ2n) is 18.4. The van der Waals surface area contributed by atoms with Crippen molar-refractivity contribution >= 4 is 60.2 Å². The second kappa shape index (κ2) is 18.0. The van der Waals surface area contributed by atoms with E-state index in [-0.39, 0.29) is 0 Å². The highest BCUT2D eigenvalue weighted by molar-refractivity contribution is 6.33. The fourth-order valence-electron chi connectivity index (χ4n) is 10.9. The van der Waals surface area contributed by atoms with Crippen LogP contribution in [-0.4, -0.2) is 0 Å². The van der Waals surface area contributed by atoms with Crippen LogP contribution in [0.3, 0.4) is 0 Å². The first-order chi connectivity index (χ1) is 35.2. The maximum atomic E-state index is 2.46. The van der Waals surface area contributed by atoms with Crippen molar-refractivity contribution in [2.75, 3.05) is 4.90 Å². The Morgan fingerprint density at radius 2 is 0.606 bits per heavy atom. The molecule has 0 amide bonds. The Hall–Kier alpha value is -9.30. The molecule has 0 atom stereocenters. The molecule has 13 aromatic carbocycles. The van der Waals surface area contributed by atoms with Gasteiger partial charge >= 0.3 is 0 Å². The molecule has 0 aliphatic rings. The van der Waals surface area contributed by atoms with Crippen LogP contribution in [0, 0.1) is 0 Å². The van der Waals surface area contributed by atoms with E-state index in [4.69, 9.17) is 0 Å². The highest BCUT2D eigenvalue weighted by Crippen LogP contribution is 2.50. The standard InChI is InChI=1S/C70H47N/c1-5-18-48(19-6-1)50-36-40-57(41-37-50)71(58-42-38-51(39-43-58)49-20-7-2-8-21-49)59-44-45-64-67(46-59)62-29-15-16-30-63(62)69-66(53-22-9-3-10-23-53)47-65(68(70(64)69)56-25-11-4-12-26-56)55-34-32-54(33-35-55)61-31-17-27-52-24-13-14-28-60(52)61/h1-47H. The van der Waals surface area contributed by atoms with Crippen molar-refractivity contribution in [3.05, 3.63) is 285 Å². The molecule has 0 N–H and O–H groups in total. The van der Waals surface area contributed by atoms with Crippen LogP contribution in [-0.2, 0) is 0 Å². The highest BCUT2D eigenvalue weighted by atomic mass is 15.1. The average molecular weight is 902 g/mol. The summed E-state index contributed by atoms with van der Waals surface area (Å²) < 4.78 is 0. The smallest absolute Gasteiger partial charge is 0.0468 e. The van der Waals surface area contributed by atoms with Crippen LogP contribution in [0.15, 0.2) is 285 Å². The van der Waals surface area contributed by atoms with Gasteiger partial charge in [0.25, 0.3) is 0 Å². The molecule has 0 aromatic heterocycles. The van der Waals surface area contributed by atoms with Gasteiger partial charge in [-0.05, 0) is 152 Å². The Morgan fingerprint density at radius 1 is 0.197 bits per heavy atom. The number of anilines is 3. The highest BCUT2D eigenvalue weighted by Gasteiger charge is 2.23. The molecule has 71 heavy (non-hydrogen) atoms. The number of benzene rings is 13. The second-order valence-corrected chi connectivity index (χ2v) is 18.4. The molecule has 0 heterocycles. The minimum Gasteiger partial charge on any atom is -0.310 e. The third-order valence-corrected chi connectivity index (χ3v) is 14.3. The quantitative estimate of drug-likeness (QED) is 0.131. The molecular formula is C70H47N. The molecule has 0 unspecified atom stereocenters. The van der Waals surface area contributed by atoms with Gasteiger partial charge in [0.1, 0.15) is 0 Å². The Balaban J connectivity index is 1.07. The average Bonchev–Trinajstić information content (AvgIpc) is 3.46. The summed E-state index contributed by atoms with van der Waals surface area (Å²) >= 11 is 0. The van der Waals surface area contributed by atoms with E-state index < -0.39 is 0 Å². The van der Waals surface area contributed by atoms with Gasteiger partial charge in [0.2, 0.25) is 0 Å². The normalized spacial score (nSPS) is 11.4. The number of rotatable bonds is 9. The predicted octanol–water partition coefficient (Wildman–Crippen LogP) is 19.8. The number of nitrogens with zero attached hydrogens (tertiary/aromatic N) is 1. The van der Waals surface area contributed by atoms with Crippen LogP contribution in [0.25, 0.3) is 110 Å². The summed E-state index contributed by atoms with van der Waals surface area (Å²) in [7, 11) is 0. The van der Waals surface area contributed by atoms with E-state index in [2.05, 4.69) is 290 Å². The van der Waals surface area contributed by atoms with Crippen LogP contribution in [0.1, 0.15) is 0 Å². The van der Waals surface area contributed by atoms with Gasteiger partial charge in [-0.15, -0.1) is 0 Å². The molecule has 0 fully saturated rings. The summed E-state index contributed by atoms with van der Waals surface area (Å²) in [6.45, 7) is 0. The van der Waals surface area contributed by atoms with Crippen molar-refractivity contribution in [2.45, 2.75) is 0 Å². The van der Waals surface area contributed by atoms with Crippen molar-refractivity contribution in [2.24, 2.45) is 0 Å². The lowest BCUT2D eigenvalue weighted by molar-refractivity contribution is 1.29. The minimum atomic E-state index is 1.09. The summed E-state index contributed by atoms with van der Waals surface area (Å²) in [6, 6.07) is 104. The van der Waals surface area contributed by atoms with E-state index in [9.17, 15) is 0 Å². The zero-order chi connectivity index (χ0) is 47.1. The van der Waals surface area contributed by atoms with Crippen molar-refractivity contribution in [1.82, 2.24) is 0 Å². The number of hydrogen-bond acceptors (Lipinski definition) is 1. The van der Waals surface area contributed by atoms with Gasteiger partial charge in [-0.1, -0.05) is 243 Å². The van der Waals surface area contributed by atoms with E-state index in [0.717, 1.165) is 17.1 Å². The van der Waals surface area contributed by atoms with Crippen LogP contribution in [0.2, 0.25) is 0 Å². The summed E-state index contributed by atoms with van der Waals surface area (Å²) in [5.74, 6) is 0. The van der Waals surface area contributed by atoms with E-state index in [1.54, 1.807) is 0 Å². The van der Waals surface area contributed by atoms with Gasteiger partial charge in [-0.3, -0.25) is 0 Å². The summed E-state index contributed by atoms with van der Waals surface area (Å²) in [6.07, 6.45) is 0. The molecule has 332 valence electrons. The SMILES string of the molecule is c1ccc(-c2ccc(N(c3ccc(-c4ccccc4)cc3)c3ccc4c(c3)c3ccccc3c3c(-c5ccccc5)cc(-c5ccc(-c6cccc7ccccc67)cc5)c(-c5ccccc5)c43)cc2)cc1. The Bertz CT molecular complexity index is 3940. The Labute approximate surface area is 414 Å². The maximum absolute atomic E-state index is 2.46. The largest absolute Gasteiger partial charge is 0.310 e. The molecule has 0 saturated carbocycles. The molecule has 13 rings (SSSR count). The van der Waals surface area contributed by atoms with Crippen LogP contribution >= 0.6 is 0 Å². The fourth-order valence-corrected chi connectivity index (χ4v) is 10.9. The first-order valence-corrected chi connectivity index (χ1v) is 24.5. The molecule has 13 aromatic rings. The lowest BCUT2D eigenvalue weighted by Gasteiger charge is -2.27. The first-order valence-electron chi connectivity index (χ1n) is 24.5. The third-order valence-electron chi connectivity index (χ3n) is 14.3. The predicted molar refractivity (Wildman–Crippen MR) is 304 cm³/mol. The lowest BCUT2D eigenvalue weighted by Crippen LogP contribution is -2.10. The first kappa shape index (κ1) is 41.9. The maximum Gasteiger partial charge on any atom is 0.0468 e. The van der Waals surface area contributed by atoms with Crippen LogP contribution < -0.4 is 4.90 Å². The molecule has 0 aliphatic heterocycles. The third kappa shape index (κ3) is 7.62. The molecule has 0 saturated heterocycles. The van der Waals surface area contributed by atoms with E-state index in [0.29, 0.717) is 0 Å². The van der Waals surface area contributed by atoms with Crippen LogP contribution in [0.4, 0.5) is 17.1 Å². The molecule has 0 aliphatic carbocycles. The van der Waals surface area contributed by atoms with Gasteiger partial charge < -0.3 is 4.90 Å².